The molecule has 0 saturated carbocycles. The number of carboxylic acid groups (broad SMARTS) is 1. The lowest BCUT2D eigenvalue weighted by atomic mass is 9.86. The average molecular weight is 581 g/mol. The third-order valence-electron chi connectivity index (χ3n) is 7.75. The number of halogens is 1. The van der Waals surface area contributed by atoms with Crippen molar-refractivity contribution in [2.75, 3.05) is 36.6 Å². The van der Waals surface area contributed by atoms with E-state index in [1.807, 2.05) is 6.07 Å². The minimum absolute atomic E-state index is 0.0611. The molecule has 216 valence electrons. The summed E-state index contributed by atoms with van der Waals surface area (Å²) in [6, 6.07) is 8.09. The van der Waals surface area contributed by atoms with E-state index in [9.17, 15) is 23.9 Å². The van der Waals surface area contributed by atoms with Crippen molar-refractivity contribution in [2.24, 2.45) is 11.8 Å². The molecule has 1 atom stereocenters. The summed E-state index contributed by atoms with van der Waals surface area (Å²) in [7, 11) is 1.60. The molecular weight excluding hydrogens is 547 g/mol. The van der Waals surface area contributed by atoms with E-state index >= 15 is 0 Å². The summed E-state index contributed by atoms with van der Waals surface area (Å²) in [5.41, 5.74) is 2.49. The highest BCUT2D eigenvalue weighted by Crippen LogP contribution is 2.36. The molecule has 2 aliphatic heterocycles. The van der Waals surface area contributed by atoms with Crippen LogP contribution in [-0.2, 0) is 19.1 Å². The molecule has 2 amide bonds. The van der Waals surface area contributed by atoms with Gasteiger partial charge in [0.05, 0.1) is 12.1 Å². The summed E-state index contributed by atoms with van der Waals surface area (Å²) in [4.78, 5) is 49.6. The molecule has 2 saturated heterocycles. The molecule has 0 bridgehead atoms. The molecule has 2 aromatic heterocycles. The number of piperidine rings is 1. The number of hydrogen-bond donors (Lipinski definition) is 1. The summed E-state index contributed by atoms with van der Waals surface area (Å²) < 4.78 is 19.8. The highest BCUT2D eigenvalue weighted by atomic mass is 32.1. The molecule has 0 aliphatic carbocycles. The maximum Gasteiger partial charge on any atom is 0.304 e. The monoisotopic (exact) mass is 580 g/mol. The highest BCUT2D eigenvalue weighted by molar-refractivity contribution is 7.14. The molecule has 11 heteroatoms. The van der Waals surface area contributed by atoms with Crippen LogP contribution in [-0.4, -0.2) is 59.7 Å². The van der Waals surface area contributed by atoms with Crippen molar-refractivity contribution in [3.8, 4) is 22.4 Å². The second-order valence-electron chi connectivity index (χ2n) is 10.6. The topological polar surface area (TPSA) is 113 Å². The van der Waals surface area contributed by atoms with Crippen molar-refractivity contribution in [1.29, 1.82) is 0 Å². The number of hydrogen-bond acceptors (Lipinski definition) is 7. The molecule has 2 fully saturated rings. The third-order valence-corrected chi connectivity index (χ3v) is 8.67. The van der Waals surface area contributed by atoms with E-state index < -0.39 is 17.7 Å². The summed E-state index contributed by atoms with van der Waals surface area (Å²) in [5, 5.41) is 11.6. The van der Waals surface area contributed by atoms with Gasteiger partial charge < -0.3 is 9.84 Å². The Labute approximate surface area is 242 Å². The van der Waals surface area contributed by atoms with Gasteiger partial charge in [-0.15, -0.1) is 11.3 Å². The van der Waals surface area contributed by atoms with Crippen LogP contribution < -0.4 is 9.80 Å². The maximum atomic E-state index is 14.4. The van der Waals surface area contributed by atoms with Gasteiger partial charge >= 0.3 is 5.97 Å². The van der Waals surface area contributed by atoms with Crippen LogP contribution in [0.25, 0.3) is 22.4 Å². The van der Waals surface area contributed by atoms with Crippen molar-refractivity contribution in [3.05, 3.63) is 47.7 Å². The van der Waals surface area contributed by atoms with Gasteiger partial charge in [0.2, 0.25) is 11.8 Å². The average Bonchev–Trinajstić information content (AvgIpc) is 3.47. The molecule has 2 aliphatic rings. The number of aliphatic carboxylic acids is 1. The number of carbonyl (C=O) groups is 3. The van der Waals surface area contributed by atoms with Gasteiger partial charge in [0, 0.05) is 61.8 Å². The Morgan fingerprint density at radius 2 is 2.00 bits per heavy atom. The fourth-order valence-corrected chi connectivity index (χ4v) is 6.31. The van der Waals surface area contributed by atoms with E-state index in [1.54, 1.807) is 35.7 Å². The zero-order valence-electron chi connectivity index (χ0n) is 22.9. The molecule has 5 rings (SSSR count). The Hall–Kier alpha value is -3.70. The van der Waals surface area contributed by atoms with Crippen molar-refractivity contribution >= 4 is 40.1 Å². The van der Waals surface area contributed by atoms with E-state index in [0.717, 1.165) is 31.2 Å². The number of carboxylic acids is 1. The summed E-state index contributed by atoms with van der Waals surface area (Å²) >= 11 is 1.24. The van der Waals surface area contributed by atoms with Gasteiger partial charge in [-0.25, -0.2) is 14.4 Å². The zero-order valence-corrected chi connectivity index (χ0v) is 23.7. The Morgan fingerprint density at radius 1 is 1.20 bits per heavy atom. The maximum absolute atomic E-state index is 14.4. The van der Waals surface area contributed by atoms with E-state index in [2.05, 4.69) is 9.97 Å². The van der Waals surface area contributed by atoms with Gasteiger partial charge in [0.25, 0.3) is 0 Å². The molecule has 3 aromatic rings. The molecule has 1 aromatic carbocycles. The highest BCUT2D eigenvalue weighted by Gasteiger charge is 2.30. The predicted octanol–water partition coefficient (Wildman–Crippen LogP) is 5.40. The number of benzene rings is 1. The Bertz CT molecular complexity index is 1410. The minimum atomic E-state index is -1.02. The molecule has 1 N–H and O–H groups in total. The quantitative estimate of drug-likeness (QED) is 0.361. The number of amides is 2. The summed E-state index contributed by atoms with van der Waals surface area (Å²) in [6.07, 6.45) is 5.86. The fraction of sp³-hybridized carbons (Fsp3) is 0.433. The van der Waals surface area contributed by atoms with Gasteiger partial charge in [0.15, 0.2) is 5.13 Å². The van der Waals surface area contributed by atoms with Crippen LogP contribution in [0.4, 0.5) is 15.3 Å². The van der Waals surface area contributed by atoms with Crippen LogP contribution in [0.2, 0.25) is 0 Å². The lowest BCUT2D eigenvalue weighted by Crippen LogP contribution is -2.35. The minimum Gasteiger partial charge on any atom is -0.481 e. The normalized spacial score (nSPS) is 16.9. The molecule has 0 spiro atoms. The Kier molecular flexibility index (Phi) is 9.04. The number of pyridine rings is 1. The number of carbonyl (C=O) groups excluding carboxylic acids is 2. The van der Waals surface area contributed by atoms with Gasteiger partial charge in [-0.05, 0) is 67.9 Å². The molecule has 9 nitrogen and oxygen atoms in total. The molecular formula is C30H33FN4O5S. The predicted molar refractivity (Wildman–Crippen MR) is 154 cm³/mol. The number of anilines is 2. The molecule has 1 unspecified atom stereocenters. The first-order chi connectivity index (χ1) is 19.8. The second-order valence-corrected chi connectivity index (χ2v) is 11.4. The lowest BCUT2D eigenvalue weighted by Gasteiger charge is -2.27. The van der Waals surface area contributed by atoms with E-state index in [-0.39, 0.29) is 24.2 Å². The van der Waals surface area contributed by atoms with Crippen LogP contribution >= 0.6 is 11.3 Å². The smallest absolute Gasteiger partial charge is 0.304 e. The summed E-state index contributed by atoms with van der Waals surface area (Å²) in [6.45, 7) is 1.88. The van der Waals surface area contributed by atoms with Crippen molar-refractivity contribution in [2.45, 2.75) is 44.9 Å². The number of thiazole rings is 1. The van der Waals surface area contributed by atoms with Crippen molar-refractivity contribution in [1.82, 2.24) is 9.97 Å². The first-order valence-electron chi connectivity index (χ1n) is 13.9. The number of nitrogens with zero attached hydrogens (tertiary/aromatic N) is 4. The van der Waals surface area contributed by atoms with Crippen LogP contribution in [0.15, 0.2) is 41.9 Å². The summed E-state index contributed by atoms with van der Waals surface area (Å²) in [5.74, 6) is -1.53. The Balaban J connectivity index is 1.37. The second kappa shape index (κ2) is 12.9. The number of rotatable bonds is 9. The number of aromatic nitrogens is 2. The fourth-order valence-electron chi connectivity index (χ4n) is 5.51. The van der Waals surface area contributed by atoms with Crippen LogP contribution in [0.3, 0.4) is 0 Å². The van der Waals surface area contributed by atoms with E-state index in [1.165, 1.54) is 28.4 Å². The van der Waals surface area contributed by atoms with Crippen molar-refractivity contribution in [3.63, 3.8) is 0 Å². The first-order valence-corrected chi connectivity index (χ1v) is 14.8. The van der Waals surface area contributed by atoms with Crippen LogP contribution in [0, 0.1) is 17.7 Å². The molecule has 41 heavy (non-hydrogen) atoms. The zero-order chi connectivity index (χ0) is 28.9. The third kappa shape index (κ3) is 6.79. The number of ether oxygens (including phenoxy) is 1. The molecule has 0 radical (unpaired) electrons. The van der Waals surface area contributed by atoms with Gasteiger partial charge in [-0.1, -0.05) is 6.07 Å². The van der Waals surface area contributed by atoms with Gasteiger partial charge in [-0.2, -0.15) is 0 Å². The SMILES string of the molecule is CN(C(=O)C(CC(=O)O)CC1CCOCC1)c1nc(-c2cc(F)ccc2-c2ccc(N3CCCCC3=O)nc2)cs1. The van der Waals surface area contributed by atoms with E-state index in [0.29, 0.717) is 60.4 Å². The first kappa shape index (κ1) is 28.8. The van der Waals surface area contributed by atoms with Gasteiger partial charge in [-0.3, -0.25) is 24.2 Å². The molecule has 4 heterocycles. The lowest BCUT2D eigenvalue weighted by molar-refractivity contribution is -0.141. The van der Waals surface area contributed by atoms with Crippen LogP contribution in [0.1, 0.15) is 44.9 Å². The van der Waals surface area contributed by atoms with Gasteiger partial charge in [0.1, 0.15) is 11.6 Å². The largest absolute Gasteiger partial charge is 0.481 e. The Morgan fingerprint density at radius 3 is 2.71 bits per heavy atom. The van der Waals surface area contributed by atoms with Crippen LogP contribution in [0.5, 0.6) is 0 Å². The standard InChI is InChI=1S/C30H33FN4O5S/c1-34(29(39)21(15-28(37)38)14-19-9-12-40-13-10-19)30-33-25(18-41-30)24-16-22(31)6-7-23(24)20-5-8-26(32-17-20)35-11-3-2-4-27(35)36/h5-8,16-19,21H,2-4,9-15H2,1H3,(H,37,38). The van der Waals surface area contributed by atoms with Crippen molar-refractivity contribution < 1.29 is 28.6 Å². The van der Waals surface area contributed by atoms with E-state index in [4.69, 9.17) is 4.74 Å².